The number of benzene rings is 2. The van der Waals surface area contributed by atoms with Gasteiger partial charge in [0.15, 0.2) is 0 Å². The number of nitrogens with zero attached hydrogens (tertiary/aromatic N) is 2. The Balaban J connectivity index is 1.32. The van der Waals surface area contributed by atoms with Gasteiger partial charge in [0.05, 0.1) is 73.5 Å². The molecule has 8 bridgehead atoms. The van der Waals surface area contributed by atoms with E-state index in [-0.39, 0.29) is 0 Å². The van der Waals surface area contributed by atoms with Gasteiger partial charge in [-0.25, -0.2) is 9.97 Å². The normalized spacial score (nSPS) is 11.9. The average molecular weight is 1400 g/mol. The lowest BCUT2D eigenvalue weighted by molar-refractivity contribution is 0.277. The Labute approximate surface area is 620 Å². The summed E-state index contributed by atoms with van der Waals surface area (Å²) in [5.41, 5.74) is 10.7. The van der Waals surface area contributed by atoms with Gasteiger partial charge >= 0.3 is 0 Å². The minimum Gasteiger partial charge on any atom is -0.493 e. The highest BCUT2D eigenvalue weighted by atomic mass is 16.5. The van der Waals surface area contributed by atoms with Gasteiger partial charge in [0, 0.05) is 57.5 Å². The van der Waals surface area contributed by atoms with Gasteiger partial charge in [0.1, 0.15) is 34.5 Å². The maximum atomic E-state index is 7.11. The molecule has 7 rings (SSSR count). The maximum Gasteiger partial charge on any atom is 0.134 e. The van der Waals surface area contributed by atoms with Gasteiger partial charge in [-0.15, -0.1) is 0 Å². The Morgan fingerprint density at radius 1 is 0.235 bits per heavy atom. The quantitative estimate of drug-likeness (QED) is 0.0363. The molecule has 0 spiro atoms. The van der Waals surface area contributed by atoms with Gasteiger partial charge in [-0.3, -0.25) is 0 Å². The van der Waals surface area contributed by atoms with Crippen LogP contribution in [0.4, 0.5) is 0 Å². The van der Waals surface area contributed by atoms with E-state index in [1.165, 1.54) is 244 Å². The van der Waals surface area contributed by atoms with E-state index in [2.05, 4.69) is 136 Å². The summed E-state index contributed by atoms with van der Waals surface area (Å²) in [6.07, 6.45) is 67.8. The molecule has 0 fully saturated rings. The number of ether oxygens (including phenoxy) is 6. The van der Waals surface area contributed by atoms with E-state index in [0.717, 1.165) is 166 Å². The standard InChI is InChI=1S/C92H142N4O6/c1-7-13-19-25-31-37-43-49-63-97-79-71-85(99-65-51-45-39-33-27-21-15-9-3)91(86(72-79)100-66-52-46-40-34-28-22-16-10-4)89-81-59-55-75(93-81)69-77-57-61-83(95-77)90(84-62-58-78(96-84)70-76-56-60-82(89)94-76)92-87(101-67-53-47-41-35-29-23-17-11-5)73-80(98-64-50-44-38-32-26-20-14-8-2)74-88(92)102-68-54-48-42-36-30-24-18-12-6/h55-62,69-74,93,96H,7-54,63-68H2,1-6H3. The molecule has 5 heterocycles. The summed E-state index contributed by atoms with van der Waals surface area (Å²) >= 11 is 0. The van der Waals surface area contributed by atoms with E-state index >= 15 is 0 Å². The molecule has 0 radical (unpaired) electrons. The number of hydrogen-bond acceptors (Lipinski definition) is 8. The van der Waals surface area contributed by atoms with Crippen LogP contribution in [0, 0.1) is 0 Å². The number of unbranched alkanes of at least 4 members (excludes halogenated alkanes) is 42. The molecule has 2 aromatic carbocycles. The number of hydrogen-bond donors (Lipinski definition) is 2. The summed E-state index contributed by atoms with van der Waals surface area (Å²) in [5.74, 6) is 4.63. The molecular weight excluding hydrogens is 1260 g/mol. The molecule has 0 atom stereocenters. The van der Waals surface area contributed by atoms with E-state index in [0.29, 0.717) is 39.6 Å². The van der Waals surface area contributed by atoms with Crippen molar-refractivity contribution >= 4 is 46.4 Å². The van der Waals surface area contributed by atoms with Crippen LogP contribution < -0.4 is 28.4 Å². The highest BCUT2D eigenvalue weighted by Gasteiger charge is 2.25. The van der Waals surface area contributed by atoms with Gasteiger partial charge in [0.25, 0.3) is 0 Å². The molecule has 10 heteroatoms. The summed E-state index contributed by atoms with van der Waals surface area (Å²) in [6, 6.07) is 21.6. The van der Waals surface area contributed by atoms with Crippen molar-refractivity contribution in [3.8, 4) is 56.8 Å². The highest BCUT2D eigenvalue weighted by Crippen LogP contribution is 2.48. The SMILES string of the molecule is CCCCCCCCCCOc1cc(OCCCCCCCCCC)c(-c2c3nc(cc4ccc([nH]4)c(-c4c(OCCCCCCCCCC)cc(OCCCCCCCCCC)cc4OCCCCCCCCCC)c4nc(cc5ccc2[nH]5)C=C4)C=C3)c(OCCCCCCCCCC)c1. The molecule has 3 aromatic heterocycles. The highest BCUT2D eigenvalue weighted by molar-refractivity contribution is 5.97. The molecule has 10 nitrogen and oxygen atoms in total. The first kappa shape index (κ1) is 83.1. The number of aromatic nitrogens is 4. The first-order chi connectivity index (χ1) is 50.5. The fourth-order valence-corrected chi connectivity index (χ4v) is 14.4. The van der Waals surface area contributed by atoms with Crippen molar-refractivity contribution in [1.82, 2.24) is 19.9 Å². The molecule has 2 N–H and O–H groups in total. The number of H-pyrrole nitrogens is 2. The largest absolute Gasteiger partial charge is 0.493 e. The summed E-state index contributed by atoms with van der Waals surface area (Å²) < 4.78 is 41.9. The lowest BCUT2D eigenvalue weighted by Gasteiger charge is -2.20. The summed E-state index contributed by atoms with van der Waals surface area (Å²) in [6.45, 7) is 17.4. The minimum absolute atomic E-state index is 0.599. The third kappa shape index (κ3) is 31.7. The van der Waals surface area contributed by atoms with Crippen molar-refractivity contribution in [2.75, 3.05) is 39.6 Å². The second-order valence-corrected chi connectivity index (χ2v) is 29.7. The van der Waals surface area contributed by atoms with Crippen LogP contribution in [0.3, 0.4) is 0 Å². The van der Waals surface area contributed by atoms with Crippen LogP contribution in [0.15, 0.2) is 60.7 Å². The zero-order valence-electron chi connectivity index (χ0n) is 65.6. The number of rotatable bonds is 62. The predicted molar refractivity (Wildman–Crippen MR) is 438 cm³/mol. The first-order valence-electron chi connectivity index (χ1n) is 42.7. The van der Waals surface area contributed by atoms with Crippen LogP contribution in [-0.2, 0) is 0 Å². The van der Waals surface area contributed by atoms with Gasteiger partial charge in [-0.1, -0.05) is 311 Å². The third-order valence-corrected chi connectivity index (χ3v) is 20.5. The molecule has 0 amide bonds. The van der Waals surface area contributed by atoms with E-state index in [4.69, 9.17) is 38.4 Å². The Hall–Kier alpha value is -6.16. The van der Waals surface area contributed by atoms with E-state index in [1.54, 1.807) is 0 Å². The Morgan fingerprint density at radius 2 is 0.461 bits per heavy atom. The monoisotopic (exact) mass is 1400 g/mol. The second-order valence-electron chi connectivity index (χ2n) is 29.7. The van der Waals surface area contributed by atoms with Crippen LogP contribution in [-0.4, -0.2) is 59.6 Å². The molecule has 102 heavy (non-hydrogen) atoms. The number of fused-ring (bicyclic) bond motifs is 8. The van der Waals surface area contributed by atoms with E-state index < -0.39 is 0 Å². The van der Waals surface area contributed by atoms with Crippen molar-refractivity contribution < 1.29 is 28.4 Å². The summed E-state index contributed by atoms with van der Waals surface area (Å²) in [4.78, 5) is 18.9. The molecule has 0 saturated carbocycles. The van der Waals surface area contributed by atoms with Gasteiger partial charge < -0.3 is 38.4 Å². The zero-order valence-corrected chi connectivity index (χ0v) is 65.6. The van der Waals surface area contributed by atoms with Crippen molar-refractivity contribution in [3.05, 3.63) is 83.4 Å². The average Bonchev–Trinajstić information content (AvgIpc) is 1.47. The molecule has 5 aromatic rings. The van der Waals surface area contributed by atoms with E-state index in [9.17, 15) is 0 Å². The van der Waals surface area contributed by atoms with Crippen LogP contribution in [0.5, 0.6) is 34.5 Å². The molecule has 0 unspecified atom stereocenters. The molecular formula is C92H142N4O6. The number of nitrogens with one attached hydrogen (secondary N) is 2. The second kappa shape index (κ2) is 52.7. The lowest BCUT2D eigenvalue weighted by atomic mass is 10.0. The zero-order chi connectivity index (χ0) is 71.5. The van der Waals surface area contributed by atoms with Crippen LogP contribution >= 0.6 is 0 Å². The van der Waals surface area contributed by atoms with Gasteiger partial charge in [-0.05, 0) is 99.2 Å². The molecule has 0 saturated heterocycles. The molecule has 566 valence electrons. The maximum absolute atomic E-state index is 7.11. The number of aromatic amines is 2. The van der Waals surface area contributed by atoms with E-state index in [1.807, 2.05) is 0 Å². The smallest absolute Gasteiger partial charge is 0.134 e. The molecule has 2 aliphatic rings. The fourth-order valence-electron chi connectivity index (χ4n) is 14.4. The van der Waals surface area contributed by atoms with Crippen molar-refractivity contribution in [2.24, 2.45) is 0 Å². The summed E-state index contributed by atoms with van der Waals surface area (Å²) in [5, 5.41) is 0. The molecule has 2 aliphatic heterocycles. The molecule has 0 aliphatic carbocycles. The van der Waals surface area contributed by atoms with Crippen molar-refractivity contribution in [2.45, 2.75) is 350 Å². The Kier molecular flexibility index (Phi) is 43.0. The van der Waals surface area contributed by atoms with Crippen LogP contribution in [0.2, 0.25) is 0 Å². The summed E-state index contributed by atoms with van der Waals surface area (Å²) in [7, 11) is 0. The Morgan fingerprint density at radius 3 is 0.706 bits per heavy atom. The lowest BCUT2D eigenvalue weighted by Crippen LogP contribution is -2.06. The van der Waals surface area contributed by atoms with Crippen LogP contribution in [0.1, 0.15) is 373 Å². The van der Waals surface area contributed by atoms with Crippen LogP contribution in [0.25, 0.3) is 68.6 Å². The Bertz CT molecular complexity index is 2960. The van der Waals surface area contributed by atoms with Crippen molar-refractivity contribution in [3.63, 3.8) is 0 Å². The van der Waals surface area contributed by atoms with Gasteiger partial charge in [0.2, 0.25) is 0 Å². The topological polar surface area (TPSA) is 113 Å². The minimum atomic E-state index is 0.599. The third-order valence-electron chi connectivity index (χ3n) is 20.5. The fraction of sp³-hybridized carbons (Fsp3) is 0.652. The van der Waals surface area contributed by atoms with Gasteiger partial charge in [-0.2, -0.15) is 0 Å². The first-order valence-corrected chi connectivity index (χ1v) is 42.7. The predicted octanol–water partition coefficient (Wildman–Crippen LogP) is 29.1. The van der Waals surface area contributed by atoms with Crippen molar-refractivity contribution in [1.29, 1.82) is 0 Å².